The Bertz CT molecular complexity index is 1120. The lowest BCUT2D eigenvalue weighted by Crippen LogP contribution is -2.73. The molecule has 1 atom stereocenters. The largest absolute Gasteiger partial charge is 0.478 e. The molecule has 0 aliphatic carbocycles. The molecule has 4 rings (SSSR count). The second-order valence-electron chi connectivity index (χ2n) is 10.9. The van der Waals surface area contributed by atoms with Gasteiger partial charge >= 0.3 is 5.97 Å². The van der Waals surface area contributed by atoms with Crippen molar-refractivity contribution in [1.29, 1.82) is 0 Å². The number of benzene rings is 2. The van der Waals surface area contributed by atoms with E-state index in [1.54, 1.807) is 12.1 Å². The molecule has 37 heavy (non-hydrogen) atoms. The topological polar surface area (TPSA) is 90.0 Å². The van der Waals surface area contributed by atoms with Crippen molar-refractivity contribution in [3.63, 3.8) is 0 Å². The Morgan fingerprint density at radius 2 is 1.78 bits per heavy atom. The molecule has 7 nitrogen and oxygen atoms in total. The number of nitrogens with zero attached hydrogens (tertiary/aromatic N) is 2. The molecule has 2 amide bonds. The summed E-state index contributed by atoms with van der Waals surface area (Å²) in [4.78, 5) is 42.3. The van der Waals surface area contributed by atoms with Crippen molar-refractivity contribution in [3.05, 3.63) is 59.7 Å². The molecule has 2 aliphatic rings. The van der Waals surface area contributed by atoms with Gasteiger partial charge in [-0.25, -0.2) is 4.79 Å². The fourth-order valence-electron chi connectivity index (χ4n) is 5.64. The first kappa shape index (κ1) is 26.9. The Balaban J connectivity index is 1.45. The van der Waals surface area contributed by atoms with Crippen molar-refractivity contribution < 1.29 is 19.5 Å². The highest BCUT2D eigenvalue weighted by Crippen LogP contribution is 2.35. The highest BCUT2D eigenvalue weighted by atomic mass is 16.4. The van der Waals surface area contributed by atoms with E-state index in [0.29, 0.717) is 31.7 Å². The molecule has 0 radical (unpaired) electrons. The van der Waals surface area contributed by atoms with Crippen LogP contribution >= 0.6 is 0 Å². The van der Waals surface area contributed by atoms with E-state index in [9.17, 15) is 14.4 Å². The molecule has 0 saturated carbocycles. The predicted octanol–water partition coefficient (Wildman–Crippen LogP) is 4.56. The van der Waals surface area contributed by atoms with Gasteiger partial charge in [0.15, 0.2) is 0 Å². The molecule has 2 saturated heterocycles. The maximum Gasteiger partial charge on any atom is 0.335 e. The van der Waals surface area contributed by atoms with Crippen LogP contribution in [0.1, 0.15) is 68.8 Å². The van der Waals surface area contributed by atoms with Crippen LogP contribution in [0.4, 0.5) is 0 Å². The van der Waals surface area contributed by atoms with Crippen LogP contribution in [0.5, 0.6) is 0 Å². The van der Waals surface area contributed by atoms with E-state index in [1.807, 2.05) is 29.2 Å². The molecule has 2 N–H and O–H groups in total. The lowest BCUT2D eigenvalue weighted by molar-refractivity contribution is -0.161. The first-order chi connectivity index (χ1) is 17.7. The van der Waals surface area contributed by atoms with Crippen molar-refractivity contribution in [2.45, 2.75) is 71.0 Å². The van der Waals surface area contributed by atoms with Crippen LogP contribution in [0.15, 0.2) is 48.5 Å². The van der Waals surface area contributed by atoms with Gasteiger partial charge in [-0.1, -0.05) is 57.5 Å². The Kier molecular flexibility index (Phi) is 8.32. The van der Waals surface area contributed by atoms with Crippen LogP contribution in [0, 0.1) is 5.92 Å². The minimum Gasteiger partial charge on any atom is -0.478 e. The van der Waals surface area contributed by atoms with Crippen molar-refractivity contribution >= 4 is 17.8 Å². The third kappa shape index (κ3) is 5.87. The van der Waals surface area contributed by atoms with Crippen molar-refractivity contribution in [2.75, 3.05) is 19.6 Å². The number of carbonyl (C=O) groups is 3. The molecule has 1 spiro atoms. The third-order valence-electron chi connectivity index (χ3n) is 7.73. The predicted molar refractivity (Wildman–Crippen MR) is 144 cm³/mol. The molecular weight excluding hydrogens is 466 g/mol. The second kappa shape index (κ2) is 11.5. The normalized spacial score (nSPS) is 19.9. The van der Waals surface area contributed by atoms with Crippen LogP contribution in [0.2, 0.25) is 0 Å². The van der Waals surface area contributed by atoms with E-state index in [0.717, 1.165) is 43.6 Å². The molecule has 2 aromatic carbocycles. The number of piperazine rings is 1. The second-order valence-corrected chi connectivity index (χ2v) is 10.9. The molecule has 0 aromatic heterocycles. The summed E-state index contributed by atoms with van der Waals surface area (Å²) in [6, 6.07) is 14.8. The van der Waals surface area contributed by atoms with Gasteiger partial charge in [0.2, 0.25) is 11.8 Å². The lowest BCUT2D eigenvalue weighted by atomic mass is 9.80. The maximum atomic E-state index is 13.5. The van der Waals surface area contributed by atoms with E-state index < -0.39 is 17.6 Å². The maximum absolute atomic E-state index is 13.5. The number of amides is 2. The van der Waals surface area contributed by atoms with Crippen LogP contribution < -0.4 is 5.32 Å². The molecule has 2 aliphatic heterocycles. The SMILES string of the molecule is CCCCN1C(=O)[C@H](CC(C)C)NC(=O)C12CCN(Cc1cccc(-c3ccc(C(=O)O)cc3)c1)CC2. The number of rotatable bonds is 9. The van der Waals surface area contributed by atoms with Gasteiger partial charge in [-0.05, 0) is 66.5 Å². The van der Waals surface area contributed by atoms with E-state index >= 15 is 0 Å². The summed E-state index contributed by atoms with van der Waals surface area (Å²) in [6.07, 6.45) is 3.83. The number of carboxylic acids is 1. The smallest absolute Gasteiger partial charge is 0.335 e. The highest BCUT2D eigenvalue weighted by Gasteiger charge is 2.53. The number of unbranched alkanes of at least 4 members (excludes halogenated alkanes) is 1. The lowest BCUT2D eigenvalue weighted by Gasteiger charge is -2.52. The molecule has 0 bridgehead atoms. The highest BCUT2D eigenvalue weighted by molar-refractivity contribution is 6.00. The molecule has 0 unspecified atom stereocenters. The monoisotopic (exact) mass is 505 g/mol. The van der Waals surface area contributed by atoms with Gasteiger partial charge in [0.25, 0.3) is 0 Å². The average Bonchev–Trinajstić information content (AvgIpc) is 2.88. The number of hydrogen-bond donors (Lipinski definition) is 2. The van der Waals surface area contributed by atoms with Gasteiger partial charge in [-0.2, -0.15) is 0 Å². The number of piperidine rings is 1. The Morgan fingerprint density at radius 1 is 1.08 bits per heavy atom. The zero-order valence-electron chi connectivity index (χ0n) is 22.2. The molecule has 2 heterocycles. The fraction of sp³-hybridized carbons (Fsp3) is 0.500. The molecular formula is C30H39N3O4. The van der Waals surface area contributed by atoms with Gasteiger partial charge in [0, 0.05) is 26.2 Å². The molecule has 7 heteroatoms. The third-order valence-corrected chi connectivity index (χ3v) is 7.73. The van der Waals surface area contributed by atoms with Gasteiger partial charge in [-0.3, -0.25) is 14.5 Å². The summed E-state index contributed by atoms with van der Waals surface area (Å²) in [6.45, 7) is 9.17. The van der Waals surface area contributed by atoms with Gasteiger partial charge < -0.3 is 15.3 Å². The van der Waals surface area contributed by atoms with Crippen molar-refractivity contribution in [2.24, 2.45) is 5.92 Å². The minimum absolute atomic E-state index is 0.0142. The van der Waals surface area contributed by atoms with E-state index in [1.165, 1.54) is 5.56 Å². The molecule has 198 valence electrons. The number of carboxylic acid groups (broad SMARTS) is 1. The number of likely N-dealkylation sites (tertiary alicyclic amines) is 1. The summed E-state index contributed by atoms with van der Waals surface area (Å²) in [7, 11) is 0. The Labute approximate surface area is 219 Å². The van der Waals surface area contributed by atoms with E-state index in [2.05, 4.69) is 43.1 Å². The number of aromatic carboxylic acids is 1. The summed E-state index contributed by atoms with van der Waals surface area (Å²) < 4.78 is 0. The van der Waals surface area contributed by atoms with Crippen LogP contribution in [-0.4, -0.2) is 63.9 Å². The number of carbonyl (C=O) groups excluding carboxylic acids is 2. The molecule has 2 fully saturated rings. The first-order valence-corrected chi connectivity index (χ1v) is 13.5. The van der Waals surface area contributed by atoms with Gasteiger partial charge in [0.05, 0.1) is 5.56 Å². The van der Waals surface area contributed by atoms with Crippen LogP contribution in [0.3, 0.4) is 0 Å². The van der Waals surface area contributed by atoms with Crippen molar-refractivity contribution in [1.82, 2.24) is 15.1 Å². The summed E-state index contributed by atoms with van der Waals surface area (Å²) in [5.74, 6) is -0.499. The van der Waals surface area contributed by atoms with Gasteiger partial charge in [0.1, 0.15) is 11.6 Å². The number of hydrogen-bond acceptors (Lipinski definition) is 4. The minimum atomic E-state index is -0.930. The number of nitrogens with one attached hydrogen (secondary N) is 1. The summed E-state index contributed by atoms with van der Waals surface area (Å²) in [5.41, 5.74) is 2.71. The van der Waals surface area contributed by atoms with E-state index in [4.69, 9.17) is 5.11 Å². The quantitative estimate of drug-likeness (QED) is 0.522. The van der Waals surface area contributed by atoms with Gasteiger partial charge in [-0.15, -0.1) is 0 Å². The Morgan fingerprint density at radius 3 is 2.41 bits per heavy atom. The first-order valence-electron chi connectivity index (χ1n) is 13.5. The zero-order valence-corrected chi connectivity index (χ0v) is 22.2. The fourth-order valence-corrected chi connectivity index (χ4v) is 5.64. The zero-order chi connectivity index (χ0) is 26.6. The van der Waals surface area contributed by atoms with Crippen LogP contribution in [0.25, 0.3) is 11.1 Å². The van der Waals surface area contributed by atoms with E-state index in [-0.39, 0.29) is 17.4 Å². The summed E-state index contributed by atoms with van der Waals surface area (Å²) >= 11 is 0. The van der Waals surface area contributed by atoms with Crippen LogP contribution in [-0.2, 0) is 16.1 Å². The summed E-state index contributed by atoms with van der Waals surface area (Å²) in [5, 5.41) is 12.2. The molecule has 2 aromatic rings. The standard InChI is InChI=1S/C30H39N3O4/c1-4-5-15-33-27(34)26(18-21(2)3)31-29(37)30(33)13-16-32(17-14-30)20-22-7-6-8-25(19-22)23-9-11-24(12-10-23)28(35)36/h6-12,19,21,26H,4-5,13-18,20H2,1-3H3,(H,31,37)(H,35,36)/t26-/m0/s1. The van der Waals surface area contributed by atoms with Crippen molar-refractivity contribution in [3.8, 4) is 11.1 Å². The Hall–Kier alpha value is -3.19. The average molecular weight is 506 g/mol.